The van der Waals surface area contributed by atoms with Gasteiger partial charge in [-0.3, -0.25) is 9.59 Å². The van der Waals surface area contributed by atoms with Crippen molar-refractivity contribution in [2.24, 2.45) is 5.41 Å². The number of anilines is 1. The van der Waals surface area contributed by atoms with Crippen LogP contribution in [0.1, 0.15) is 12.8 Å². The highest BCUT2D eigenvalue weighted by atomic mass is 35.5. The van der Waals surface area contributed by atoms with Crippen molar-refractivity contribution in [2.75, 3.05) is 38.5 Å². The summed E-state index contributed by atoms with van der Waals surface area (Å²) in [6.07, 6.45) is 1.19. The lowest BCUT2D eigenvalue weighted by molar-refractivity contribution is -0.143. The van der Waals surface area contributed by atoms with Gasteiger partial charge in [0.1, 0.15) is 5.41 Å². The summed E-state index contributed by atoms with van der Waals surface area (Å²) in [5.74, 6) is -0.323. The Hall–Kier alpha value is -1.30. The summed E-state index contributed by atoms with van der Waals surface area (Å²) in [4.78, 5) is 29.3. The lowest BCUT2D eigenvalue weighted by atomic mass is 10.0. The SMILES string of the molecule is CN1CCN(C(=O)C2(C(=O)Nc3cc(Cl)cc(Cl)c3)CC2)CC1. The van der Waals surface area contributed by atoms with Crippen LogP contribution >= 0.6 is 23.2 Å². The molecule has 0 bridgehead atoms. The van der Waals surface area contributed by atoms with Crippen molar-refractivity contribution in [3.63, 3.8) is 0 Å². The van der Waals surface area contributed by atoms with Crippen LogP contribution in [0.15, 0.2) is 18.2 Å². The average molecular weight is 356 g/mol. The Morgan fingerprint density at radius 2 is 1.61 bits per heavy atom. The van der Waals surface area contributed by atoms with E-state index in [1.807, 2.05) is 7.05 Å². The molecule has 7 heteroatoms. The van der Waals surface area contributed by atoms with Crippen LogP contribution < -0.4 is 5.32 Å². The Bertz CT molecular complexity index is 618. The van der Waals surface area contributed by atoms with Crippen LogP contribution in [0.25, 0.3) is 0 Å². The van der Waals surface area contributed by atoms with Crippen molar-refractivity contribution >= 4 is 40.7 Å². The first-order valence-corrected chi connectivity index (χ1v) is 8.42. The summed E-state index contributed by atoms with van der Waals surface area (Å²) in [6, 6.07) is 4.85. The minimum absolute atomic E-state index is 0.0591. The van der Waals surface area contributed by atoms with Gasteiger partial charge in [-0.1, -0.05) is 23.2 Å². The van der Waals surface area contributed by atoms with E-state index >= 15 is 0 Å². The molecule has 0 aromatic heterocycles. The first-order chi connectivity index (χ1) is 10.9. The first-order valence-electron chi connectivity index (χ1n) is 7.66. The molecule has 0 spiro atoms. The maximum absolute atomic E-state index is 12.7. The summed E-state index contributed by atoms with van der Waals surface area (Å²) in [6.45, 7) is 3.03. The molecule has 5 nitrogen and oxygen atoms in total. The van der Waals surface area contributed by atoms with Crippen LogP contribution in [0.2, 0.25) is 10.0 Å². The summed E-state index contributed by atoms with van der Waals surface area (Å²) >= 11 is 11.9. The van der Waals surface area contributed by atoms with E-state index in [1.165, 1.54) is 0 Å². The van der Waals surface area contributed by atoms with Gasteiger partial charge in [-0.05, 0) is 38.1 Å². The topological polar surface area (TPSA) is 52.7 Å². The number of carbonyl (C=O) groups is 2. The summed E-state index contributed by atoms with van der Waals surface area (Å²) < 4.78 is 0. The molecule has 3 rings (SSSR count). The molecular weight excluding hydrogens is 337 g/mol. The quantitative estimate of drug-likeness (QED) is 0.847. The van der Waals surface area contributed by atoms with Crippen molar-refractivity contribution in [3.8, 4) is 0 Å². The fourth-order valence-electron chi connectivity index (χ4n) is 2.85. The second kappa shape index (κ2) is 6.30. The van der Waals surface area contributed by atoms with Gasteiger partial charge in [0.05, 0.1) is 0 Å². The van der Waals surface area contributed by atoms with Gasteiger partial charge in [-0.25, -0.2) is 0 Å². The normalized spacial score (nSPS) is 20.2. The van der Waals surface area contributed by atoms with E-state index in [9.17, 15) is 9.59 Å². The van der Waals surface area contributed by atoms with Crippen LogP contribution in [-0.2, 0) is 9.59 Å². The predicted octanol–water partition coefficient (Wildman–Crippen LogP) is 2.49. The Balaban J connectivity index is 1.69. The van der Waals surface area contributed by atoms with Crippen LogP contribution in [-0.4, -0.2) is 54.8 Å². The number of piperazine rings is 1. The van der Waals surface area contributed by atoms with Crippen LogP contribution in [0.4, 0.5) is 5.69 Å². The highest BCUT2D eigenvalue weighted by molar-refractivity contribution is 6.35. The molecule has 1 aliphatic heterocycles. The molecule has 1 aromatic rings. The molecular formula is C16H19Cl2N3O2. The van der Waals surface area contributed by atoms with Crippen molar-refractivity contribution in [2.45, 2.75) is 12.8 Å². The Morgan fingerprint density at radius 3 is 2.13 bits per heavy atom. The smallest absolute Gasteiger partial charge is 0.240 e. The van der Waals surface area contributed by atoms with Gasteiger partial charge < -0.3 is 15.1 Å². The van der Waals surface area contributed by atoms with Gasteiger partial charge in [0, 0.05) is 41.9 Å². The monoisotopic (exact) mass is 355 g/mol. The summed E-state index contributed by atoms with van der Waals surface area (Å²) in [5.41, 5.74) is -0.394. The molecule has 1 N–H and O–H groups in total. The molecule has 1 heterocycles. The molecule has 0 unspecified atom stereocenters. The van der Waals surface area contributed by atoms with Gasteiger partial charge in [-0.15, -0.1) is 0 Å². The van der Waals surface area contributed by atoms with Crippen molar-refractivity contribution in [1.29, 1.82) is 0 Å². The van der Waals surface area contributed by atoms with Crippen LogP contribution in [0, 0.1) is 5.41 Å². The second-order valence-corrected chi connectivity index (χ2v) is 7.16. The van der Waals surface area contributed by atoms with Crippen molar-refractivity contribution in [3.05, 3.63) is 28.2 Å². The summed E-state index contributed by atoms with van der Waals surface area (Å²) in [5, 5.41) is 3.68. The van der Waals surface area contributed by atoms with Gasteiger partial charge in [0.2, 0.25) is 11.8 Å². The number of amides is 2. The van der Waals surface area contributed by atoms with E-state index in [4.69, 9.17) is 23.2 Å². The Morgan fingerprint density at radius 1 is 1.04 bits per heavy atom. The molecule has 2 aliphatic rings. The highest BCUT2D eigenvalue weighted by Gasteiger charge is 2.58. The van der Waals surface area contributed by atoms with Gasteiger partial charge in [-0.2, -0.15) is 0 Å². The summed E-state index contributed by atoms with van der Waals surface area (Å²) in [7, 11) is 2.03. The number of hydrogen-bond acceptors (Lipinski definition) is 3. The predicted molar refractivity (Wildman–Crippen MR) is 90.8 cm³/mol. The van der Waals surface area contributed by atoms with E-state index in [0.29, 0.717) is 41.7 Å². The number of halogens is 2. The van der Waals surface area contributed by atoms with Crippen LogP contribution in [0.3, 0.4) is 0 Å². The molecule has 1 saturated heterocycles. The number of hydrogen-bond donors (Lipinski definition) is 1. The molecule has 2 amide bonds. The zero-order valence-corrected chi connectivity index (χ0v) is 14.5. The van der Waals surface area contributed by atoms with E-state index in [0.717, 1.165) is 13.1 Å². The number of nitrogens with zero attached hydrogens (tertiary/aromatic N) is 2. The maximum atomic E-state index is 12.7. The van der Waals surface area contributed by atoms with Gasteiger partial charge in [0.25, 0.3) is 0 Å². The second-order valence-electron chi connectivity index (χ2n) is 6.29. The lowest BCUT2D eigenvalue weighted by Gasteiger charge is -2.34. The first kappa shape index (κ1) is 16.6. The van der Waals surface area contributed by atoms with Crippen molar-refractivity contribution < 1.29 is 9.59 Å². The number of nitrogens with one attached hydrogen (secondary N) is 1. The molecule has 124 valence electrons. The number of carbonyl (C=O) groups excluding carboxylic acids is 2. The third kappa shape index (κ3) is 3.47. The molecule has 0 atom stereocenters. The van der Waals surface area contributed by atoms with Crippen LogP contribution in [0.5, 0.6) is 0 Å². The molecule has 1 aromatic carbocycles. The Labute approximate surface area is 145 Å². The molecule has 2 fully saturated rings. The molecule has 23 heavy (non-hydrogen) atoms. The number of rotatable bonds is 3. The van der Waals surface area contributed by atoms with E-state index in [2.05, 4.69) is 10.2 Å². The minimum atomic E-state index is -0.912. The van der Waals surface area contributed by atoms with E-state index < -0.39 is 5.41 Å². The third-order valence-corrected chi connectivity index (χ3v) is 4.94. The van der Waals surface area contributed by atoms with Gasteiger partial charge in [0.15, 0.2) is 0 Å². The zero-order valence-electron chi connectivity index (χ0n) is 12.9. The average Bonchev–Trinajstić information content (AvgIpc) is 3.28. The van der Waals surface area contributed by atoms with Crippen molar-refractivity contribution in [1.82, 2.24) is 9.80 Å². The standard InChI is InChI=1S/C16H19Cl2N3O2/c1-20-4-6-21(7-5-20)15(23)16(2-3-16)14(22)19-13-9-11(17)8-12(18)10-13/h8-10H,2-7H2,1H3,(H,19,22). The fourth-order valence-corrected chi connectivity index (χ4v) is 3.38. The molecule has 1 saturated carbocycles. The zero-order chi connectivity index (χ0) is 16.6. The van der Waals surface area contributed by atoms with E-state index in [1.54, 1.807) is 23.1 Å². The Kier molecular flexibility index (Phi) is 4.54. The lowest BCUT2D eigenvalue weighted by Crippen LogP contribution is -2.51. The highest BCUT2D eigenvalue weighted by Crippen LogP contribution is 2.48. The maximum Gasteiger partial charge on any atom is 0.240 e. The fraction of sp³-hybridized carbons (Fsp3) is 0.500. The van der Waals surface area contributed by atoms with Gasteiger partial charge >= 0.3 is 0 Å². The number of likely N-dealkylation sites (N-methyl/N-ethyl adjacent to an activating group) is 1. The largest absolute Gasteiger partial charge is 0.339 e. The molecule has 1 aliphatic carbocycles. The number of benzene rings is 1. The van der Waals surface area contributed by atoms with E-state index in [-0.39, 0.29) is 11.8 Å². The molecule has 0 radical (unpaired) electrons. The third-order valence-electron chi connectivity index (χ3n) is 4.50. The minimum Gasteiger partial charge on any atom is -0.339 e.